The Morgan fingerprint density at radius 1 is 0.333 bits per heavy atom. The lowest BCUT2D eigenvalue weighted by Crippen LogP contribution is -1.85. The zero-order valence-electron chi connectivity index (χ0n) is 10.1. The topological polar surface area (TPSA) is 40.5 Å². The minimum Gasteiger partial charge on any atom is -0.396 e. The summed E-state index contributed by atoms with van der Waals surface area (Å²) >= 11 is 0. The van der Waals surface area contributed by atoms with Gasteiger partial charge in [0.25, 0.3) is 0 Å². The maximum absolute atomic E-state index is 8.59. The van der Waals surface area contributed by atoms with Gasteiger partial charge in [0.2, 0.25) is 0 Å². The average molecular weight is 216 g/mol. The van der Waals surface area contributed by atoms with Crippen molar-refractivity contribution in [3.8, 4) is 0 Å². The summed E-state index contributed by atoms with van der Waals surface area (Å²) in [5.41, 5.74) is 0. The Balaban J connectivity index is 2.81. The van der Waals surface area contributed by atoms with Gasteiger partial charge in [0.1, 0.15) is 0 Å². The molecule has 0 aliphatic heterocycles. The van der Waals surface area contributed by atoms with Crippen molar-refractivity contribution < 1.29 is 10.2 Å². The molecule has 92 valence electrons. The molecule has 0 aliphatic carbocycles. The molecule has 0 rings (SSSR count). The summed E-state index contributed by atoms with van der Waals surface area (Å²) < 4.78 is 0. The second kappa shape index (κ2) is 13.9. The molecule has 2 heteroatoms. The van der Waals surface area contributed by atoms with Gasteiger partial charge in [0.15, 0.2) is 0 Å². The van der Waals surface area contributed by atoms with Crippen LogP contribution in [0.3, 0.4) is 0 Å². The monoisotopic (exact) mass is 216 g/mol. The Kier molecular flexibility index (Phi) is 13.8. The van der Waals surface area contributed by atoms with Gasteiger partial charge in [0, 0.05) is 13.2 Å². The molecule has 0 atom stereocenters. The van der Waals surface area contributed by atoms with Gasteiger partial charge in [-0.3, -0.25) is 0 Å². The van der Waals surface area contributed by atoms with Crippen LogP contribution >= 0.6 is 0 Å². The number of hydrogen-bond donors (Lipinski definition) is 2. The maximum atomic E-state index is 8.59. The number of unbranched alkanes of at least 4 members (excludes halogenated alkanes) is 10. The molecule has 0 aromatic rings. The van der Waals surface area contributed by atoms with Crippen LogP contribution in [0.1, 0.15) is 70.6 Å². The molecule has 0 aliphatic rings. The Morgan fingerprint density at radius 2 is 0.533 bits per heavy atom. The summed E-state index contributed by atoms with van der Waals surface area (Å²) in [5.74, 6) is 0. The van der Waals surface area contributed by atoms with E-state index >= 15 is 0 Å². The predicted molar refractivity (Wildman–Crippen MR) is 65.0 cm³/mol. The van der Waals surface area contributed by atoms with E-state index in [1.165, 1.54) is 57.8 Å². The second-order valence-corrected chi connectivity index (χ2v) is 4.34. The van der Waals surface area contributed by atoms with Crippen molar-refractivity contribution in [3.05, 3.63) is 0 Å². The molecule has 0 fully saturated rings. The van der Waals surface area contributed by atoms with Gasteiger partial charge in [-0.2, -0.15) is 0 Å². The zero-order chi connectivity index (χ0) is 11.2. The first-order valence-corrected chi connectivity index (χ1v) is 6.63. The molecule has 0 saturated carbocycles. The van der Waals surface area contributed by atoms with Gasteiger partial charge in [-0.1, -0.05) is 57.8 Å². The van der Waals surface area contributed by atoms with Crippen molar-refractivity contribution in [2.45, 2.75) is 70.6 Å². The van der Waals surface area contributed by atoms with Crippen molar-refractivity contribution >= 4 is 0 Å². The highest BCUT2D eigenvalue weighted by atomic mass is 16.3. The molecule has 0 bridgehead atoms. The van der Waals surface area contributed by atoms with E-state index in [4.69, 9.17) is 10.2 Å². The third kappa shape index (κ3) is 13.9. The van der Waals surface area contributed by atoms with Gasteiger partial charge in [0.05, 0.1) is 0 Å². The van der Waals surface area contributed by atoms with Crippen LogP contribution in [0.15, 0.2) is 0 Å². The summed E-state index contributed by atoms with van der Waals surface area (Å²) in [4.78, 5) is 0. The molecule has 0 saturated heterocycles. The van der Waals surface area contributed by atoms with Crippen molar-refractivity contribution in [1.82, 2.24) is 0 Å². The van der Waals surface area contributed by atoms with E-state index in [0.717, 1.165) is 12.8 Å². The highest BCUT2D eigenvalue weighted by Crippen LogP contribution is 2.10. The van der Waals surface area contributed by atoms with Gasteiger partial charge >= 0.3 is 0 Å². The smallest absolute Gasteiger partial charge is 0.0431 e. The van der Waals surface area contributed by atoms with Crippen LogP contribution in [0, 0.1) is 0 Å². The molecule has 0 spiro atoms. The Labute approximate surface area is 94.7 Å². The minimum atomic E-state index is 0.352. The molecule has 0 aromatic carbocycles. The molecule has 2 N–H and O–H groups in total. The molecule has 0 amide bonds. The van der Waals surface area contributed by atoms with Crippen LogP contribution in [0.4, 0.5) is 0 Å². The third-order valence-corrected chi connectivity index (χ3v) is 2.82. The number of hydrogen-bond acceptors (Lipinski definition) is 2. The molecular weight excluding hydrogens is 188 g/mol. The van der Waals surface area contributed by atoms with E-state index in [2.05, 4.69) is 0 Å². The SMILES string of the molecule is OCCCCCCCCCCCCCO. The van der Waals surface area contributed by atoms with Gasteiger partial charge in [-0.15, -0.1) is 0 Å². The van der Waals surface area contributed by atoms with E-state index in [9.17, 15) is 0 Å². The lowest BCUT2D eigenvalue weighted by Gasteiger charge is -2.01. The van der Waals surface area contributed by atoms with E-state index in [1.807, 2.05) is 0 Å². The summed E-state index contributed by atoms with van der Waals surface area (Å²) in [5, 5.41) is 17.2. The summed E-state index contributed by atoms with van der Waals surface area (Å²) in [6.45, 7) is 0.704. The van der Waals surface area contributed by atoms with Gasteiger partial charge in [-0.05, 0) is 12.8 Å². The van der Waals surface area contributed by atoms with E-state index < -0.39 is 0 Å². The van der Waals surface area contributed by atoms with E-state index in [-0.39, 0.29) is 0 Å². The first-order valence-electron chi connectivity index (χ1n) is 6.63. The van der Waals surface area contributed by atoms with Crippen LogP contribution in [0.5, 0.6) is 0 Å². The molecular formula is C13H28O2. The third-order valence-electron chi connectivity index (χ3n) is 2.82. The highest BCUT2D eigenvalue weighted by Gasteiger charge is 1.92. The molecule has 15 heavy (non-hydrogen) atoms. The maximum Gasteiger partial charge on any atom is 0.0431 e. The van der Waals surface area contributed by atoms with Crippen LogP contribution in [0.2, 0.25) is 0 Å². The molecule has 0 unspecified atom stereocenters. The number of aliphatic hydroxyl groups excluding tert-OH is 2. The predicted octanol–water partition coefficient (Wildman–Crippen LogP) is 3.26. The van der Waals surface area contributed by atoms with Gasteiger partial charge < -0.3 is 10.2 Å². The van der Waals surface area contributed by atoms with Crippen molar-refractivity contribution in [2.75, 3.05) is 13.2 Å². The molecule has 0 aromatic heterocycles. The minimum absolute atomic E-state index is 0.352. The summed E-state index contributed by atoms with van der Waals surface area (Å²) in [7, 11) is 0. The lowest BCUT2D eigenvalue weighted by atomic mass is 10.1. The molecule has 0 heterocycles. The fraction of sp³-hybridized carbons (Fsp3) is 1.00. The quantitative estimate of drug-likeness (QED) is 0.492. The van der Waals surface area contributed by atoms with Crippen LogP contribution in [-0.2, 0) is 0 Å². The Hall–Kier alpha value is -0.0800. The zero-order valence-corrected chi connectivity index (χ0v) is 10.1. The number of rotatable bonds is 12. The fourth-order valence-electron chi connectivity index (χ4n) is 1.81. The van der Waals surface area contributed by atoms with Crippen LogP contribution in [-0.4, -0.2) is 23.4 Å². The summed E-state index contributed by atoms with van der Waals surface area (Å²) in [6.07, 6.45) is 13.6. The normalized spacial score (nSPS) is 10.8. The van der Waals surface area contributed by atoms with E-state index in [1.54, 1.807) is 0 Å². The molecule has 2 nitrogen and oxygen atoms in total. The van der Waals surface area contributed by atoms with Crippen molar-refractivity contribution in [1.29, 1.82) is 0 Å². The number of aliphatic hydroxyl groups is 2. The van der Waals surface area contributed by atoms with E-state index in [0.29, 0.717) is 13.2 Å². The van der Waals surface area contributed by atoms with Crippen LogP contribution < -0.4 is 0 Å². The Bertz CT molecular complexity index is 92.7. The van der Waals surface area contributed by atoms with Crippen molar-refractivity contribution in [3.63, 3.8) is 0 Å². The highest BCUT2D eigenvalue weighted by molar-refractivity contribution is 4.47. The Morgan fingerprint density at radius 3 is 0.733 bits per heavy atom. The first-order chi connectivity index (χ1) is 7.41. The van der Waals surface area contributed by atoms with Crippen molar-refractivity contribution in [2.24, 2.45) is 0 Å². The first kappa shape index (κ1) is 14.9. The largest absolute Gasteiger partial charge is 0.396 e. The second-order valence-electron chi connectivity index (χ2n) is 4.34. The fourth-order valence-corrected chi connectivity index (χ4v) is 1.81. The van der Waals surface area contributed by atoms with Crippen LogP contribution in [0.25, 0.3) is 0 Å². The van der Waals surface area contributed by atoms with Gasteiger partial charge in [-0.25, -0.2) is 0 Å². The average Bonchev–Trinajstić information content (AvgIpc) is 2.26. The lowest BCUT2D eigenvalue weighted by molar-refractivity contribution is 0.282. The standard InChI is InChI=1S/C13H28O2/c14-12-10-8-6-4-2-1-3-5-7-9-11-13-15/h14-15H,1-13H2. The molecule has 0 radical (unpaired) electrons. The summed E-state index contributed by atoms with van der Waals surface area (Å²) in [6, 6.07) is 0.